The summed E-state index contributed by atoms with van der Waals surface area (Å²) in [6, 6.07) is 14.3. The van der Waals surface area contributed by atoms with Gasteiger partial charge < -0.3 is 4.74 Å². The molecule has 0 amide bonds. The average molecular weight is 329 g/mol. The van der Waals surface area contributed by atoms with Crippen LogP contribution < -0.4 is 9.46 Å². The highest BCUT2D eigenvalue weighted by molar-refractivity contribution is 7.89. The number of hydrogen-bond acceptors (Lipinski definition) is 3. The van der Waals surface area contributed by atoms with Crippen molar-refractivity contribution < 1.29 is 13.2 Å². The molecular formula is C18H19NO3S. The van der Waals surface area contributed by atoms with E-state index >= 15 is 0 Å². The van der Waals surface area contributed by atoms with Crippen LogP contribution in [0.3, 0.4) is 0 Å². The number of ether oxygens (including phenoxy) is 1. The number of hydrogen-bond donors (Lipinski definition) is 1. The summed E-state index contributed by atoms with van der Waals surface area (Å²) in [4.78, 5) is 0.237. The molecule has 0 aromatic heterocycles. The van der Waals surface area contributed by atoms with Crippen LogP contribution in [0, 0.1) is 25.7 Å². The van der Waals surface area contributed by atoms with Gasteiger partial charge in [0.2, 0.25) is 10.0 Å². The molecule has 0 bridgehead atoms. The lowest BCUT2D eigenvalue weighted by molar-refractivity contribution is 0.367. The largest absolute Gasteiger partial charge is 0.481 e. The lowest BCUT2D eigenvalue weighted by Crippen LogP contribution is -2.24. The summed E-state index contributed by atoms with van der Waals surface area (Å²) in [5.74, 6) is 6.32. The van der Waals surface area contributed by atoms with Crippen LogP contribution in [-0.4, -0.2) is 21.6 Å². The van der Waals surface area contributed by atoms with Gasteiger partial charge in [-0.3, -0.25) is 0 Å². The summed E-state index contributed by atoms with van der Waals surface area (Å²) in [5, 5.41) is 0. The zero-order valence-electron chi connectivity index (χ0n) is 13.2. The summed E-state index contributed by atoms with van der Waals surface area (Å²) in [7, 11) is -3.52. The molecule has 0 heterocycles. The SMILES string of the molecule is Cc1ccc(S(=O)(=O)NCC#CCOc2ccccc2C)cc1. The molecule has 1 N–H and O–H groups in total. The summed E-state index contributed by atoms with van der Waals surface area (Å²) in [6.07, 6.45) is 0. The number of sulfonamides is 1. The molecule has 0 saturated carbocycles. The van der Waals surface area contributed by atoms with Gasteiger partial charge in [-0.25, -0.2) is 8.42 Å². The Morgan fingerprint density at radius 3 is 2.39 bits per heavy atom. The second-order valence-electron chi connectivity index (χ2n) is 5.05. The molecule has 4 nitrogen and oxygen atoms in total. The summed E-state index contributed by atoms with van der Waals surface area (Å²) >= 11 is 0. The van der Waals surface area contributed by atoms with Gasteiger partial charge in [-0.15, -0.1) is 0 Å². The Hall–Kier alpha value is -2.29. The number of benzene rings is 2. The quantitative estimate of drug-likeness (QED) is 0.858. The molecule has 2 aromatic carbocycles. The van der Waals surface area contributed by atoms with Gasteiger partial charge in [-0.1, -0.05) is 47.7 Å². The second-order valence-corrected chi connectivity index (χ2v) is 6.81. The van der Waals surface area contributed by atoms with Crippen molar-refractivity contribution in [1.82, 2.24) is 4.72 Å². The first-order valence-corrected chi connectivity index (χ1v) is 8.68. The minimum atomic E-state index is -3.52. The summed E-state index contributed by atoms with van der Waals surface area (Å²) < 4.78 is 32.0. The van der Waals surface area contributed by atoms with Crippen LogP contribution in [-0.2, 0) is 10.0 Å². The van der Waals surface area contributed by atoms with Gasteiger partial charge in [0.15, 0.2) is 0 Å². The van der Waals surface area contributed by atoms with Crippen LogP contribution in [0.25, 0.3) is 0 Å². The van der Waals surface area contributed by atoms with Crippen molar-refractivity contribution in [2.75, 3.05) is 13.2 Å². The monoisotopic (exact) mass is 329 g/mol. The van der Waals surface area contributed by atoms with Crippen molar-refractivity contribution in [1.29, 1.82) is 0 Å². The Morgan fingerprint density at radius 1 is 1.00 bits per heavy atom. The zero-order chi connectivity index (χ0) is 16.7. The molecule has 2 rings (SSSR count). The summed E-state index contributed by atoms with van der Waals surface area (Å²) in [5.41, 5.74) is 2.05. The molecule has 0 aliphatic rings. The lowest BCUT2D eigenvalue weighted by Gasteiger charge is -2.05. The van der Waals surface area contributed by atoms with Crippen LogP contribution in [0.1, 0.15) is 11.1 Å². The molecule has 0 saturated heterocycles. The fourth-order valence-corrected chi connectivity index (χ4v) is 2.80. The van der Waals surface area contributed by atoms with Gasteiger partial charge >= 0.3 is 0 Å². The van der Waals surface area contributed by atoms with Crippen molar-refractivity contribution in [2.45, 2.75) is 18.7 Å². The number of aryl methyl sites for hydroxylation is 2. The molecule has 0 unspecified atom stereocenters. The molecule has 0 atom stereocenters. The Bertz CT molecular complexity index is 815. The van der Waals surface area contributed by atoms with Crippen molar-refractivity contribution >= 4 is 10.0 Å². The molecule has 0 fully saturated rings. The maximum Gasteiger partial charge on any atom is 0.241 e. The van der Waals surface area contributed by atoms with E-state index in [2.05, 4.69) is 16.6 Å². The van der Waals surface area contributed by atoms with Gasteiger partial charge in [0, 0.05) is 0 Å². The van der Waals surface area contributed by atoms with Gasteiger partial charge in [0.1, 0.15) is 12.4 Å². The first-order valence-electron chi connectivity index (χ1n) is 7.19. The third-order valence-corrected chi connectivity index (χ3v) is 4.62. The van der Waals surface area contributed by atoms with E-state index < -0.39 is 10.0 Å². The molecule has 0 aliphatic carbocycles. The maximum absolute atomic E-state index is 12.0. The van der Waals surface area contributed by atoms with E-state index in [1.54, 1.807) is 24.3 Å². The van der Waals surface area contributed by atoms with Crippen molar-refractivity contribution in [3.8, 4) is 17.6 Å². The minimum Gasteiger partial charge on any atom is -0.481 e. The highest BCUT2D eigenvalue weighted by atomic mass is 32.2. The molecule has 5 heteroatoms. The van der Waals surface area contributed by atoms with Gasteiger partial charge in [-0.2, -0.15) is 4.72 Å². The van der Waals surface area contributed by atoms with E-state index in [-0.39, 0.29) is 18.0 Å². The third-order valence-electron chi connectivity index (χ3n) is 3.20. The molecule has 0 spiro atoms. The van der Waals surface area contributed by atoms with Crippen LogP contribution in [0.15, 0.2) is 53.4 Å². The normalized spacial score (nSPS) is 10.7. The highest BCUT2D eigenvalue weighted by Gasteiger charge is 2.11. The van der Waals surface area contributed by atoms with Crippen molar-refractivity contribution in [3.63, 3.8) is 0 Å². The second kappa shape index (κ2) is 7.82. The van der Waals surface area contributed by atoms with Gasteiger partial charge in [-0.05, 0) is 37.6 Å². The van der Waals surface area contributed by atoms with Crippen LogP contribution in [0.5, 0.6) is 5.75 Å². The van der Waals surface area contributed by atoms with Crippen LogP contribution >= 0.6 is 0 Å². The first kappa shape index (κ1) is 17.1. The fourth-order valence-electron chi connectivity index (χ4n) is 1.88. The molecule has 2 aromatic rings. The van der Waals surface area contributed by atoms with E-state index in [9.17, 15) is 8.42 Å². The molecular weight excluding hydrogens is 310 g/mol. The highest BCUT2D eigenvalue weighted by Crippen LogP contribution is 2.15. The molecule has 23 heavy (non-hydrogen) atoms. The van der Waals surface area contributed by atoms with E-state index in [4.69, 9.17) is 4.74 Å². The Balaban J connectivity index is 1.83. The topological polar surface area (TPSA) is 55.4 Å². The zero-order valence-corrected chi connectivity index (χ0v) is 14.0. The lowest BCUT2D eigenvalue weighted by atomic mass is 10.2. The first-order chi connectivity index (χ1) is 11.0. The Labute approximate surface area is 137 Å². The number of rotatable bonds is 5. The predicted molar refractivity (Wildman–Crippen MR) is 90.8 cm³/mol. The number of para-hydroxylation sites is 1. The standard InChI is InChI=1S/C18H19NO3S/c1-15-9-11-17(12-10-15)23(20,21)19-13-5-6-14-22-18-8-4-3-7-16(18)2/h3-4,7-12,19H,13-14H2,1-2H3. The average Bonchev–Trinajstić information content (AvgIpc) is 2.52. The fraction of sp³-hybridized carbons (Fsp3) is 0.222. The molecule has 0 aliphatic heterocycles. The van der Waals surface area contributed by atoms with Crippen LogP contribution in [0.4, 0.5) is 0 Å². The third kappa shape index (κ3) is 5.13. The van der Waals surface area contributed by atoms with Crippen LogP contribution in [0.2, 0.25) is 0 Å². The molecule has 0 radical (unpaired) electrons. The number of nitrogens with one attached hydrogen (secondary N) is 1. The van der Waals surface area contributed by atoms with E-state index in [1.165, 1.54) is 0 Å². The predicted octanol–water partition coefficient (Wildman–Crippen LogP) is 2.66. The Morgan fingerprint density at radius 2 is 1.70 bits per heavy atom. The molecule has 120 valence electrons. The maximum atomic E-state index is 12.0. The van der Waals surface area contributed by atoms with Gasteiger partial charge in [0.05, 0.1) is 11.4 Å². The van der Waals surface area contributed by atoms with E-state index in [0.29, 0.717) is 0 Å². The Kier molecular flexibility index (Phi) is 5.80. The minimum absolute atomic E-state index is 0.0489. The smallest absolute Gasteiger partial charge is 0.241 e. The van der Waals surface area contributed by atoms with E-state index in [0.717, 1.165) is 16.9 Å². The van der Waals surface area contributed by atoms with Crippen molar-refractivity contribution in [3.05, 3.63) is 59.7 Å². The van der Waals surface area contributed by atoms with Gasteiger partial charge in [0.25, 0.3) is 0 Å². The summed E-state index contributed by atoms with van der Waals surface area (Å²) in [6.45, 7) is 4.13. The van der Waals surface area contributed by atoms with Crippen molar-refractivity contribution in [2.24, 2.45) is 0 Å². The van der Waals surface area contributed by atoms with E-state index in [1.807, 2.05) is 38.1 Å².